The van der Waals surface area contributed by atoms with Crippen LogP contribution < -0.4 is 10.6 Å². The first-order valence-corrected chi connectivity index (χ1v) is 9.24. The van der Waals surface area contributed by atoms with Crippen LogP contribution >= 0.6 is 0 Å². The summed E-state index contributed by atoms with van der Waals surface area (Å²) in [5, 5.41) is 5.38. The number of amides is 4. The molecular formula is C18H35N5O4. The topological polar surface area (TPSA) is 102 Å². The summed E-state index contributed by atoms with van der Waals surface area (Å²) in [4.78, 5) is 51.0. The lowest BCUT2D eigenvalue weighted by atomic mass is 10.2. The van der Waals surface area contributed by atoms with Gasteiger partial charge in [-0.1, -0.05) is 0 Å². The standard InChI is InChI=1S/C18H35N5O4/c1-14(13-23(18(5)27)10-8-20-16(3)25)21(6)11-12-22(17(4)26)9-7-19-15(2)24/h14H,7-13H2,1-6H3,(H,19,24)(H,20,25). The highest BCUT2D eigenvalue weighted by molar-refractivity contribution is 5.75. The predicted molar refractivity (Wildman–Crippen MR) is 104 cm³/mol. The van der Waals surface area contributed by atoms with Gasteiger partial charge >= 0.3 is 0 Å². The maximum atomic E-state index is 11.8. The number of rotatable bonds is 12. The average Bonchev–Trinajstić information content (AvgIpc) is 2.55. The molecule has 0 aliphatic carbocycles. The third-order valence-electron chi connectivity index (χ3n) is 4.36. The van der Waals surface area contributed by atoms with Crippen molar-refractivity contribution < 1.29 is 19.2 Å². The van der Waals surface area contributed by atoms with Crippen LogP contribution in [0.3, 0.4) is 0 Å². The highest BCUT2D eigenvalue weighted by Gasteiger charge is 2.18. The number of nitrogens with zero attached hydrogens (tertiary/aromatic N) is 3. The van der Waals surface area contributed by atoms with Gasteiger partial charge in [0.15, 0.2) is 0 Å². The van der Waals surface area contributed by atoms with Gasteiger partial charge in [0.25, 0.3) is 0 Å². The smallest absolute Gasteiger partial charge is 0.219 e. The molecule has 0 bridgehead atoms. The van der Waals surface area contributed by atoms with Crippen molar-refractivity contribution >= 4 is 23.6 Å². The van der Waals surface area contributed by atoms with Crippen LogP contribution in [0, 0.1) is 0 Å². The molecular weight excluding hydrogens is 350 g/mol. The molecule has 1 atom stereocenters. The van der Waals surface area contributed by atoms with Crippen molar-refractivity contribution in [2.24, 2.45) is 0 Å². The Morgan fingerprint density at radius 3 is 1.59 bits per heavy atom. The van der Waals surface area contributed by atoms with E-state index in [2.05, 4.69) is 15.5 Å². The largest absolute Gasteiger partial charge is 0.355 e. The van der Waals surface area contributed by atoms with E-state index in [1.54, 1.807) is 9.80 Å². The number of likely N-dealkylation sites (N-methyl/N-ethyl adjacent to an activating group) is 1. The summed E-state index contributed by atoms with van der Waals surface area (Å²) in [5.74, 6) is -0.316. The van der Waals surface area contributed by atoms with E-state index in [9.17, 15) is 19.2 Å². The normalized spacial score (nSPS) is 11.7. The summed E-state index contributed by atoms with van der Waals surface area (Å²) in [6, 6.07) is 0.0929. The van der Waals surface area contributed by atoms with Gasteiger partial charge in [-0.05, 0) is 14.0 Å². The summed E-state index contributed by atoms with van der Waals surface area (Å²) in [5.41, 5.74) is 0. The number of carbonyl (C=O) groups is 4. The molecule has 2 N–H and O–H groups in total. The number of nitrogens with one attached hydrogen (secondary N) is 2. The lowest BCUT2D eigenvalue weighted by Crippen LogP contribution is -2.47. The van der Waals surface area contributed by atoms with E-state index in [0.717, 1.165) is 0 Å². The fourth-order valence-corrected chi connectivity index (χ4v) is 2.49. The molecule has 0 saturated heterocycles. The Kier molecular flexibility index (Phi) is 12.0. The lowest BCUT2D eigenvalue weighted by Gasteiger charge is -2.32. The van der Waals surface area contributed by atoms with Crippen molar-refractivity contribution in [3.05, 3.63) is 0 Å². The van der Waals surface area contributed by atoms with E-state index in [0.29, 0.717) is 45.8 Å². The highest BCUT2D eigenvalue weighted by atomic mass is 16.2. The second-order valence-electron chi connectivity index (χ2n) is 6.77. The molecule has 0 aliphatic rings. The minimum Gasteiger partial charge on any atom is -0.355 e. The van der Waals surface area contributed by atoms with Crippen LogP contribution in [0.5, 0.6) is 0 Å². The monoisotopic (exact) mass is 385 g/mol. The van der Waals surface area contributed by atoms with Crippen molar-refractivity contribution in [3.63, 3.8) is 0 Å². The van der Waals surface area contributed by atoms with Crippen molar-refractivity contribution in [2.75, 3.05) is 52.9 Å². The van der Waals surface area contributed by atoms with Gasteiger partial charge in [0, 0.05) is 79.6 Å². The number of hydrogen-bond donors (Lipinski definition) is 2. The molecule has 9 heteroatoms. The average molecular weight is 386 g/mol. The van der Waals surface area contributed by atoms with E-state index in [4.69, 9.17) is 0 Å². The van der Waals surface area contributed by atoms with E-state index < -0.39 is 0 Å². The van der Waals surface area contributed by atoms with Crippen molar-refractivity contribution in [2.45, 2.75) is 40.7 Å². The molecule has 0 aromatic heterocycles. The quantitative estimate of drug-likeness (QED) is 0.461. The van der Waals surface area contributed by atoms with Crippen LogP contribution in [0.4, 0.5) is 0 Å². The first-order valence-electron chi connectivity index (χ1n) is 9.24. The van der Waals surface area contributed by atoms with Gasteiger partial charge < -0.3 is 25.3 Å². The number of carbonyl (C=O) groups excluding carboxylic acids is 4. The second kappa shape index (κ2) is 13.1. The SMILES string of the molecule is CC(=O)NCCN(CCN(C)C(C)CN(CCNC(C)=O)C(C)=O)C(C)=O. The first-order chi connectivity index (χ1) is 12.5. The molecule has 0 saturated carbocycles. The van der Waals surface area contributed by atoms with Gasteiger partial charge in [0.1, 0.15) is 0 Å². The van der Waals surface area contributed by atoms with E-state index >= 15 is 0 Å². The van der Waals surface area contributed by atoms with E-state index in [1.807, 2.05) is 14.0 Å². The van der Waals surface area contributed by atoms with Crippen molar-refractivity contribution in [3.8, 4) is 0 Å². The Hall–Kier alpha value is -2.16. The predicted octanol–water partition coefficient (Wildman–Crippen LogP) is -0.724. The van der Waals surface area contributed by atoms with Gasteiger partial charge in [0.05, 0.1) is 0 Å². The van der Waals surface area contributed by atoms with E-state index in [1.165, 1.54) is 27.7 Å². The molecule has 0 aliphatic heterocycles. The molecule has 27 heavy (non-hydrogen) atoms. The molecule has 0 rings (SSSR count). The zero-order valence-electron chi connectivity index (χ0n) is 17.5. The third-order valence-corrected chi connectivity index (χ3v) is 4.36. The van der Waals surface area contributed by atoms with Crippen molar-refractivity contribution in [1.82, 2.24) is 25.3 Å². The van der Waals surface area contributed by atoms with Crippen LogP contribution in [0.15, 0.2) is 0 Å². The summed E-state index contributed by atoms with van der Waals surface area (Å²) < 4.78 is 0. The van der Waals surface area contributed by atoms with Crippen LogP contribution in [0.25, 0.3) is 0 Å². The van der Waals surface area contributed by atoms with Crippen LogP contribution in [0.1, 0.15) is 34.6 Å². The summed E-state index contributed by atoms with van der Waals surface area (Å²) >= 11 is 0. The highest BCUT2D eigenvalue weighted by Crippen LogP contribution is 2.02. The first kappa shape index (κ1) is 24.8. The minimum absolute atomic E-state index is 0.0397. The van der Waals surface area contributed by atoms with Gasteiger partial charge in [0.2, 0.25) is 23.6 Å². The summed E-state index contributed by atoms with van der Waals surface area (Å²) in [7, 11) is 1.95. The minimum atomic E-state index is -0.118. The summed E-state index contributed by atoms with van der Waals surface area (Å²) in [6.07, 6.45) is 0. The number of hydrogen-bond acceptors (Lipinski definition) is 5. The zero-order chi connectivity index (χ0) is 21.0. The molecule has 156 valence electrons. The van der Waals surface area contributed by atoms with Gasteiger partial charge in [-0.2, -0.15) is 0 Å². The molecule has 0 spiro atoms. The van der Waals surface area contributed by atoms with Crippen LogP contribution in [-0.4, -0.2) is 97.2 Å². The molecule has 4 amide bonds. The zero-order valence-corrected chi connectivity index (χ0v) is 17.5. The molecule has 0 radical (unpaired) electrons. The van der Waals surface area contributed by atoms with Crippen LogP contribution in [0.2, 0.25) is 0 Å². The third kappa shape index (κ3) is 12.0. The second-order valence-corrected chi connectivity index (χ2v) is 6.77. The maximum Gasteiger partial charge on any atom is 0.219 e. The molecule has 9 nitrogen and oxygen atoms in total. The Bertz CT molecular complexity index is 512. The van der Waals surface area contributed by atoms with E-state index in [-0.39, 0.29) is 29.7 Å². The van der Waals surface area contributed by atoms with Gasteiger partial charge in [-0.3, -0.25) is 19.2 Å². The molecule has 0 heterocycles. The lowest BCUT2D eigenvalue weighted by molar-refractivity contribution is -0.130. The fourth-order valence-electron chi connectivity index (χ4n) is 2.49. The Morgan fingerprint density at radius 1 is 0.741 bits per heavy atom. The van der Waals surface area contributed by atoms with Gasteiger partial charge in [-0.25, -0.2) is 0 Å². The van der Waals surface area contributed by atoms with Crippen molar-refractivity contribution in [1.29, 1.82) is 0 Å². The fraction of sp³-hybridized carbons (Fsp3) is 0.778. The molecule has 0 aromatic rings. The molecule has 1 unspecified atom stereocenters. The van der Waals surface area contributed by atoms with Gasteiger partial charge in [-0.15, -0.1) is 0 Å². The Morgan fingerprint density at radius 2 is 1.19 bits per heavy atom. The summed E-state index contributed by atoms with van der Waals surface area (Å²) in [6.45, 7) is 11.4. The molecule has 0 fully saturated rings. The molecule has 0 aromatic carbocycles. The maximum absolute atomic E-state index is 11.8. The Labute approximate surface area is 162 Å². The van der Waals surface area contributed by atoms with Crippen LogP contribution in [-0.2, 0) is 19.2 Å². The Balaban J connectivity index is 4.47.